The predicted octanol–water partition coefficient (Wildman–Crippen LogP) is 2.84. The van der Waals surface area contributed by atoms with Crippen LogP contribution in [0.5, 0.6) is 0 Å². The average molecular weight is 316 g/mol. The molecule has 1 aliphatic rings. The summed E-state index contributed by atoms with van der Waals surface area (Å²) in [6.45, 7) is 0. The van der Waals surface area contributed by atoms with E-state index in [1.54, 1.807) is 42.5 Å². The number of H-pyrrole nitrogens is 1. The third-order valence-electron chi connectivity index (χ3n) is 3.97. The Labute approximate surface area is 137 Å². The summed E-state index contributed by atoms with van der Waals surface area (Å²) in [5.74, 6) is -0.916. The molecule has 0 bridgehead atoms. The Morgan fingerprint density at radius 1 is 0.750 bits per heavy atom. The van der Waals surface area contributed by atoms with Crippen molar-refractivity contribution in [2.75, 3.05) is 4.90 Å². The van der Waals surface area contributed by atoms with Crippen molar-refractivity contribution in [3.63, 3.8) is 0 Å². The molecule has 0 atom stereocenters. The first-order valence-corrected chi connectivity index (χ1v) is 7.43. The van der Waals surface area contributed by atoms with Gasteiger partial charge in [0.2, 0.25) is 5.56 Å². The van der Waals surface area contributed by atoms with Crippen LogP contribution < -0.4 is 10.5 Å². The monoisotopic (exact) mass is 316 g/mol. The molecule has 2 aromatic carbocycles. The van der Waals surface area contributed by atoms with E-state index in [0.717, 1.165) is 4.90 Å². The smallest absolute Gasteiger partial charge is 0.268 e. The van der Waals surface area contributed by atoms with Gasteiger partial charge < -0.3 is 4.98 Å². The molecule has 0 radical (unpaired) electrons. The molecule has 2 heterocycles. The average Bonchev–Trinajstić information content (AvgIpc) is 2.86. The summed E-state index contributed by atoms with van der Waals surface area (Å²) in [4.78, 5) is 41.4. The van der Waals surface area contributed by atoms with Crippen molar-refractivity contribution < 1.29 is 9.59 Å². The molecule has 0 saturated heterocycles. The van der Waals surface area contributed by atoms with Gasteiger partial charge >= 0.3 is 0 Å². The van der Waals surface area contributed by atoms with E-state index in [4.69, 9.17) is 0 Å². The van der Waals surface area contributed by atoms with E-state index in [1.165, 1.54) is 6.07 Å². The fourth-order valence-electron chi connectivity index (χ4n) is 2.91. The minimum atomic E-state index is -0.482. The van der Waals surface area contributed by atoms with Crippen molar-refractivity contribution in [3.05, 3.63) is 88.2 Å². The van der Waals surface area contributed by atoms with Crippen LogP contribution in [0.15, 0.2) is 71.5 Å². The van der Waals surface area contributed by atoms with Crippen molar-refractivity contribution in [1.29, 1.82) is 0 Å². The second-order valence-electron chi connectivity index (χ2n) is 5.44. The zero-order valence-electron chi connectivity index (χ0n) is 12.5. The van der Waals surface area contributed by atoms with E-state index in [9.17, 15) is 14.4 Å². The van der Waals surface area contributed by atoms with Gasteiger partial charge in [0.05, 0.1) is 22.5 Å². The van der Waals surface area contributed by atoms with Gasteiger partial charge in [-0.3, -0.25) is 14.4 Å². The van der Waals surface area contributed by atoms with Gasteiger partial charge in [-0.2, -0.15) is 0 Å². The SMILES string of the molecule is O=C1c2cc(=O)[nH]c(-c3ccccc3)c2C(=O)N1c1ccccc1. The van der Waals surface area contributed by atoms with E-state index < -0.39 is 17.4 Å². The van der Waals surface area contributed by atoms with Crippen molar-refractivity contribution in [1.82, 2.24) is 4.98 Å². The Bertz CT molecular complexity index is 1010. The van der Waals surface area contributed by atoms with Gasteiger partial charge in [-0.1, -0.05) is 48.5 Å². The third kappa shape index (κ3) is 2.06. The highest BCUT2D eigenvalue weighted by Gasteiger charge is 2.39. The maximum Gasteiger partial charge on any atom is 0.268 e. The molecule has 0 saturated carbocycles. The lowest BCUT2D eigenvalue weighted by Gasteiger charge is -2.13. The zero-order chi connectivity index (χ0) is 16.7. The largest absolute Gasteiger partial charge is 0.321 e. The molecule has 116 valence electrons. The fourth-order valence-corrected chi connectivity index (χ4v) is 2.91. The van der Waals surface area contributed by atoms with Gasteiger partial charge in [0.1, 0.15) is 0 Å². The topological polar surface area (TPSA) is 70.2 Å². The Hall–Kier alpha value is -3.47. The number of aromatic amines is 1. The number of imide groups is 1. The minimum absolute atomic E-state index is 0.131. The number of para-hydroxylation sites is 1. The minimum Gasteiger partial charge on any atom is -0.321 e. The van der Waals surface area contributed by atoms with Gasteiger partial charge in [0, 0.05) is 6.07 Å². The maximum absolute atomic E-state index is 12.9. The quantitative estimate of drug-likeness (QED) is 0.739. The molecule has 3 aromatic rings. The molecule has 0 unspecified atom stereocenters. The van der Waals surface area contributed by atoms with Crippen LogP contribution in [-0.4, -0.2) is 16.8 Å². The Morgan fingerprint density at radius 3 is 2.04 bits per heavy atom. The first-order valence-electron chi connectivity index (χ1n) is 7.43. The highest BCUT2D eigenvalue weighted by atomic mass is 16.2. The summed E-state index contributed by atoms with van der Waals surface area (Å²) in [5.41, 5.74) is 1.48. The standard InChI is InChI=1S/C19H12N2O3/c22-15-11-14-16(17(20-15)12-7-3-1-4-8-12)19(24)21(18(14)23)13-9-5-2-6-10-13/h1-11H,(H,20,22). The molecular weight excluding hydrogens is 304 g/mol. The van der Waals surface area contributed by atoms with Gasteiger partial charge in [0.15, 0.2) is 0 Å². The van der Waals surface area contributed by atoms with Gasteiger partial charge in [-0.05, 0) is 17.7 Å². The summed E-state index contributed by atoms with van der Waals surface area (Å²) in [6.07, 6.45) is 0. The van der Waals surface area contributed by atoms with Crippen LogP contribution in [-0.2, 0) is 0 Å². The van der Waals surface area contributed by atoms with Gasteiger partial charge in [0.25, 0.3) is 11.8 Å². The van der Waals surface area contributed by atoms with E-state index in [-0.39, 0.29) is 11.1 Å². The highest BCUT2D eigenvalue weighted by Crippen LogP contribution is 2.32. The van der Waals surface area contributed by atoms with Crippen LogP contribution in [0, 0.1) is 0 Å². The van der Waals surface area contributed by atoms with E-state index in [1.807, 2.05) is 18.2 Å². The fraction of sp³-hybridized carbons (Fsp3) is 0. The van der Waals surface area contributed by atoms with Crippen LogP contribution in [0.3, 0.4) is 0 Å². The first-order chi connectivity index (χ1) is 11.7. The molecule has 0 fully saturated rings. The summed E-state index contributed by atoms with van der Waals surface area (Å²) in [6, 6.07) is 18.9. The Balaban J connectivity index is 1.95. The molecule has 0 aliphatic carbocycles. The number of anilines is 1. The number of pyridine rings is 1. The predicted molar refractivity (Wildman–Crippen MR) is 90.1 cm³/mol. The number of nitrogens with zero attached hydrogens (tertiary/aromatic N) is 1. The Morgan fingerprint density at radius 2 is 1.38 bits per heavy atom. The summed E-state index contributed by atoms with van der Waals surface area (Å²) in [7, 11) is 0. The number of benzene rings is 2. The van der Waals surface area contributed by atoms with Crippen LogP contribution in [0.2, 0.25) is 0 Å². The van der Waals surface area contributed by atoms with Gasteiger partial charge in [-0.25, -0.2) is 4.90 Å². The van der Waals surface area contributed by atoms with Crippen molar-refractivity contribution >= 4 is 17.5 Å². The van der Waals surface area contributed by atoms with E-state index in [2.05, 4.69) is 4.98 Å². The first kappa shape index (κ1) is 14.1. The van der Waals surface area contributed by atoms with E-state index in [0.29, 0.717) is 16.9 Å². The number of hydrogen-bond acceptors (Lipinski definition) is 3. The molecule has 5 heteroatoms. The molecule has 1 N–H and O–H groups in total. The second kappa shape index (κ2) is 5.31. The Kier molecular flexibility index (Phi) is 3.13. The number of carbonyl (C=O) groups is 2. The van der Waals surface area contributed by atoms with E-state index >= 15 is 0 Å². The second-order valence-corrected chi connectivity index (χ2v) is 5.44. The molecule has 1 aromatic heterocycles. The highest BCUT2D eigenvalue weighted by molar-refractivity contribution is 6.35. The molecular formula is C19H12N2O3. The maximum atomic E-state index is 12.9. The molecule has 5 nitrogen and oxygen atoms in total. The number of fused-ring (bicyclic) bond motifs is 1. The van der Waals surface area contributed by atoms with Crippen molar-refractivity contribution in [3.8, 4) is 11.3 Å². The number of hydrogen-bond donors (Lipinski definition) is 1. The zero-order valence-corrected chi connectivity index (χ0v) is 12.5. The summed E-state index contributed by atoms with van der Waals surface area (Å²) < 4.78 is 0. The lowest BCUT2D eigenvalue weighted by atomic mass is 10.0. The number of rotatable bonds is 2. The number of nitrogens with one attached hydrogen (secondary N) is 1. The number of aromatic nitrogens is 1. The third-order valence-corrected chi connectivity index (χ3v) is 3.97. The number of amides is 2. The summed E-state index contributed by atoms with van der Waals surface area (Å²) in [5, 5.41) is 0. The molecule has 4 rings (SSSR count). The molecule has 1 aliphatic heterocycles. The molecule has 24 heavy (non-hydrogen) atoms. The van der Waals surface area contributed by atoms with Crippen LogP contribution in [0.4, 0.5) is 5.69 Å². The normalized spacial score (nSPS) is 13.2. The molecule has 0 spiro atoms. The molecule has 2 amide bonds. The van der Waals surface area contributed by atoms with Crippen molar-refractivity contribution in [2.45, 2.75) is 0 Å². The lowest BCUT2D eigenvalue weighted by molar-refractivity contribution is 0.0926. The van der Waals surface area contributed by atoms with Crippen molar-refractivity contribution in [2.24, 2.45) is 0 Å². The van der Waals surface area contributed by atoms with Gasteiger partial charge in [-0.15, -0.1) is 0 Å². The lowest BCUT2D eigenvalue weighted by Crippen LogP contribution is -2.29. The van der Waals surface area contributed by atoms with Crippen LogP contribution >= 0.6 is 0 Å². The van der Waals surface area contributed by atoms with Crippen LogP contribution in [0.25, 0.3) is 11.3 Å². The summed E-state index contributed by atoms with van der Waals surface area (Å²) >= 11 is 0. The number of carbonyl (C=O) groups excluding carboxylic acids is 2. The van der Waals surface area contributed by atoms with Crippen LogP contribution in [0.1, 0.15) is 20.7 Å².